The summed E-state index contributed by atoms with van der Waals surface area (Å²) in [6.45, 7) is 3.63. The number of nitrogens with one attached hydrogen (secondary N) is 2. The number of benzene rings is 2. The number of aryl methyl sites for hydroxylation is 1. The first-order valence-electron chi connectivity index (χ1n) is 9.27. The third-order valence-electron chi connectivity index (χ3n) is 4.45. The van der Waals surface area contributed by atoms with Crippen molar-refractivity contribution in [1.29, 1.82) is 0 Å². The van der Waals surface area contributed by atoms with Gasteiger partial charge in [-0.25, -0.2) is 9.38 Å². The first kappa shape index (κ1) is 19.5. The van der Waals surface area contributed by atoms with Gasteiger partial charge in [-0.15, -0.1) is 10.2 Å². The number of nitrogens with zero attached hydrogens (tertiary/aromatic N) is 4. The van der Waals surface area contributed by atoms with Crippen LogP contribution in [0.3, 0.4) is 0 Å². The average molecular weight is 380 g/mol. The minimum atomic E-state index is -0.216. The molecule has 0 atom stereocenters. The molecule has 0 amide bonds. The van der Waals surface area contributed by atoms with Crippen LogP contribution in [-0.4, -0.2) is 27.3 Å². The van der Waals surface area contributed by atoms with Crippen molar-refractivity contribution < 1.29 is 4.39 Å². The molecule has 0 saturated carbocycles. The second kappa shape index (κ2) is 9.64. The highest BCUT2D eigenvalue weighted by Crippen LogP contribution is 2.04. The van der Waals surface area contributed by atoms with Gasteiger partial charge >= 0.3 is 0 Å². The fourth-order valence-corrected chi connectivity index (χ4v) is 2.71. The summed E-state index contributed by atoms with van der Waals surface area (Å²) in [5.74, 6) is 2.16. The van der Waals surface area contributed by atoms with Gasteiger partial charge in [0.05, 0.1) is 13.1 Å². The lowest BCUT2D eigenvalue weighted by atomic mass is 10.1. The van der Waals surface area contributed by atoms with Gasteiger partial charge in [0.1, 0.15) is 11.6 Å². The van der Waals surface area contributed by atoms with Gasteiger partial charge in [0.25, 0.3) is 0 Å². The lowest BCUT2D eigenvalue weighted by Crippen LogP contribution is -2.38. The van der Waals surface area contributed by atoms with Crippen LogP contribution in [0.2, 0.25) is 0 Å². The summed E-state index contributed by atoms with van der Waals surface area (Å²) in [7, 11) is 1.94. The topological polar surface area (TPSA) is 67.1 Å². The van der Waals surface area contributed by atoms with E-state index in [1.165, 1.54) is 6.07 Å². The Morgan fingerprint density at radius 1 is 1.04 bits per heavy atom. The van der Waals surface area contributed by atoms with E-state index in [0.717, 1.165) is 22.8 Å². The van der Waals surface area contributed by atoms with Crippen LogP contribution in [-0.2, 0) is 26.6 Å². The maximum absolute atomic E-state index is 13.3. The Hall–Kier alpha value is -3.22. The van der Waals surface area contributed by atoms with Crippen LogP contribution in [0, 0.1) is 12.7 Å². The fourth-order valence-electron chi connectivity index (χ4n) is 2.71. The molecule has 0 aliphatic rings. The predicted molar refractivity (Wildman–Crippen MR) is 108 cm³/mol. The molecule has 0 spiro atoms. The predicted octanol–water partition coefficient (Wildman–Crippen LogP) is 2.74. The molecule has 2 N–H and O–H groups in total. The van der Waals surface area contributed by atoms with E-state index in [1.807, 2.05) is 54.9 Å². The van der Waals surface area contributed by atoms with Gasteiger partial charge in [-0.3, -0.25) is 0 Å². The third kappa shape index (κ3) is 5.64. The van der Waals surface area contributed by atoms with Crippen LogP contribution < -0.4 is 10.6 Å². The first-order valence-corrected chi connectivity index (χ1v) is 9.27. The van der Waals surface area contributed by atoms with Gasteiger partial charge < -0.3 is 15.2 Å². The molecule has 7 heteroatoms. The number of rotatable bonds is 7. The summed E-state index contributed by atoms with van der Waals surface area (Å²) >= 11 is 0. The lowest BCUT2D eigenvalue weighted by molar-refractivity contribution is 0.625. The summed E-state index contributed by atoms with van der Waals surface area (Å²) in [6.07, 6.45) is 0.701. The molecule has 2 aromatic carbocycles. The Balaban J connectivity index is 1.62. The Labute approximate surface area is 164 Å². The molecule has 28 heavy (non-hydrogen) atoms. The fraction of sp³-hybridized carbons (Fsp3) is 0.286. The summed E-state index contributed by atoms with van der Waals surface area (Å²) in [4.78, 5) is 4.66. The Kier molecular flexibility index (Phi) is 6.73. The van der Waals surface area contributed by atoms with E-state index in [4.69, 9.17) is 0 Å². The van der Waals surface area contributed by atoms with E-state index < -0.39 is 0 Å². The second-order valence-electron chi connectivity index (χ2n) is 6.53. The van der Waals surface area contributed by atoms with Crippen molar-refractivity contribution in [3.63, 3.8) is 0 Å². The molecule has 0 bridgehead atoms. The molecule has 0 saturated heterocycles. The van der Waals surface area contributed by atoms with Crippen molar-refractivity contribution in [2.24, 2.45) is 12.0 Å². The molecule has 3 aromatic rings. The Morgan fingerprint density at radius 3 is 2.54 bits per heavy atom. The van der Waals surface area contributed by atoms with Crippen LogP contribution in [0.4, 0.5) is 4.39 Å². The number of hydrogen-bond donors (Lipinski definition) is 2. The molecule has 1 heterocycles. The van der Waals surface area contributed by atoms with Crippen molar-refractivity contribution in [3.05, 3.63) is 83.2 Å². The maximum Gasteiger partial charge on any atom is 0.191 e. The van der Waals surface area contributed by atoms with E-state index in [0.29, 0.717) is 32.0 Å². The smallest absolute Gasteiger partial charge is 0.191 e. The maximum atomic E-state index is 13.3. The van der Waals surface area contributed by atoms with Crippen molar-refractivity contribution in [1.82, 2.24) is 25.4 Å². The highest BCUT2D eigenvalue weighted by atomic mass is 19.1. The minimum absolute atomic E-state index is 0.216. The van der Waals surface area contributed by atoms with E-state index in [9.17, 15) is 4.39 Å². The number of hydrogen-bond acceptors (Lipinski definition) is 3. The number of aromatic nitrogens is 3. The van der Waals surface area contributed by atoms with Gasteiger partial charge in [0.15, 0.2) is 11.8 Å². The zero-order valence-corrected chi connectivity index (χ0v) is 16.2. The lowest BCUT2D eigenvalue weighted by Gasteiger charge is -2.13. The van der Waals surface area contributed by atoms with Gasteiger partial charge in [-0.2, -0.15) is 0 Å². The molecule has 3 rings (SSSR count). The standard InChI is InChI=1S/C21H25FN6/c1-16-26-27-20(28(16)2)15-25-21(24-14-18-7-4-3-5-8-18)23-12-11-17-9-6-10-19(22)13-17/h3-10,13H,11-12,14-15H2,1-2H3,(H2,23,24,25). The summed E-state index contributed by atoms with van der Waals surface area (Å²) < 4.78 is 15.3. The summed E-state index contributed by atoms with van der Waals surface area (Å²) in [5, 5.41) is 14.9. The van der Waals surface area contributed by atoms with Gasteiger partial charge in [-0.1, -0.05) is 42.5 Å². The molecule has 0 unspecified atom stereocenters. The molecule has 1 aromatic heterocycles. The van der Waals surface area contributed by atoms with Crippen LogP contribution in [0.25, 0.3) is 0 Å². The van der Waals surface area contributed by atoms with Gasteiger partial charge in [-0.05, 0) is 36.6 Å². The molecule has 6 nitrogen and oxygen atoms in total. The van der Waals surface area contributed by atoms with Crippen LogP contribution in [0.5, 0.6) is 0 Å². The number of aliphatic imine (C=N–C) groups is 1. The molecular weight excluding hydrogens is 355 g/mol. The summed E-state index contributed by atoms with van der Waals surface area (Å²) in [5.41, 5.74) is 2.07. The van der Waals surface area contributed by atoms with Gasteiger partial charge in [0, 0.05) is 13.6 Å². The summed E-state index contributed by atoms with van der Waals surface area (Å²) in [6, 6.07) is 16.7. The number of guanidine groups is 1. The average Bonchev–Trinajstić information content (AvgIpc) is 3.02. The van der Waals surface area contributed by atoms with Crippen molar-refractivity contribution >= 4 is 5.96 Å². The highest BCUT2D eigenvalue weighted by Gasteiger charge is 2.06. The molecule has 0 fully saturated rings. The van der Waals surface area contributed by atoms with Gasteiger partial charge in [0.2, 0.25) is 0 Å². The largest absolute Gasteiger partial charge is 0.356 e. The Bertz CT molecular complexity index is 920. The molecule has 146 valence electrons. The highest BCUT2D eigenvalue weighted by molar-refractivity contribution is 5.79. The quantitative estimate of drug-likeness (QED) is 0.489. The van der Waals surface area contributed by atoms with Crippen LogP contribution in [0.1, 0.15) is 22.8 Å². The zero-order valence-electron chi connectivity index (χ0n) is 16.2. The normalized spacial score (nSPS) is 11.5. The molecule has 0 aliphatic heterocycles. The van der Waals surface area contributed by atoms with E-state index in [2.05, 4.69) is 25.8 Å². The SMILES string of the molecule is Cc1nnc(CNC(=NCc2ccccc2)NCCc2cccc(F)c2)n1C. The Morgan fingerprint density at radius 2 is 1.82 bits per heavy atom. The minimum Gasteiger partial charge on any atom is -0.356 e. The second-order valence-corrected chi connectivity index (χ2v) is 6.53. The van der Waals surface area contributed by atoms with Crippen LogP contribution in [0.15, 0.2) is 59.6 Å². The van der Waals surface area contributed by atoms with E-state index >= 15 is 0 Å². The zero-order chi connectivity index (χ0) is 19.8. The molecule has 0 radical (unpaired) electrons. The van der Waals surface area contributed by atoms with E-state index in [1.54, 1.807) is 12.1 Å². The third-order valence-corrected chi connectivity index (χ3v) is 4.45. The van der Waals surface area contributed by atoms with Crippen molar-refractivity contribution in [3.8, 4) is 0 Å². The van der Waals surface area contributed by atoms with E-state index in [-0.39, 0.29) is 5.82 Å². The number of halogens is 1. The monoisotopic (exact) mass is 380 g/mol. The molecule has 0 aliphatic carbocycles. The van der Waals surface area contributed by atoms with Crippen molar-refractivity contribution in [2.45, 2.75) is 26.4 Å². The first-order chi connectivity index (χ1) is 13.6. The van der Waals surface area contributed by atoms with Crippen LogP contribution >= 0.6 is 0 Å². The van der Waals surface area contributed by atoms with Crippen molar-refractivity contribution in [2.75, 3.05) is 6.54 Å². The molecular formula is C21H25FN6.